The summed E-state index contributed by atoms with van der Waals surface area (Å²) < 4.78 is 13.0. The molecule has 0 unspecified atom stereocenters. The van der Waals surface area contributed by atoms with Gasteiger partial charge < -0.3 is 14.8 Å². The zero-order valence-electron chi connectivity index (χ0n) is 18.9. The van der Waals surface area contributed by atoms with Crippen LogP contribution < -0.4 is 10.1 Å². The summed E-state index contributed by atoms with van der Waals surface area (Å²) in [7, 11) is 0. The van der Waals surface area contributed by atoms with Crippen molar-refractivity contribution in [2.45, 2.75) is 39.0 Å². The molecule has 7 nitrogen and oxygen atoms in total. The zero-order valence-corrected chi connectivity index (χ0v) is 18.9. The summed E-state index contributed by atoms with van der Waals surface area (Å²) in [5.74, 6) is 1.42. The van der Waals surface area contributed by atoms with Crippen LogP contribution in [0.15, 0.2) is 48.7 Å². The van der Waals surface area contributed by atoms with Crippen LogP contribution in [0.3, 0.4) is 0 Å². The van der Waals surface area contributed by atoms with E-state index in [0.717, 1.165) is 30.0 Å². The van der Waals surface area contributed by atoms with Crippen molar-refractivity contribution in [3.05, 3.63) is 71.2 Å². The lowest BCUT2D eigenvalue weighted by molar-refractivity contribution is 0.0487. The summed E-state index contributed by atoms with van der Waals surface area (Å²) in [6.45, 7) is 8.45. The summed E-state index contributed by atoms with van der Waals surface area (Å²) in [5, 5.41) is 7.58. The van der Waals surface area contributed by atoms with Gasteiger partial charge in [0.15, 0.2) is 5.82 Å². The van der Waals surface area contributed by atoms with E-state index in [0.29, 0.717) is 37.7 Å². The van der Waals surface area contributed by atoms with Gasteiger partial charge in [0.05, 0.1) is 17.9 Å². The Morgan fingerprint density at radius 1 is 1.16 bits per heavy atom. The van der Waals surface area contributed by atoms with E-state index in [2.05, 4.69) is 27.5 Å². The summed E-state index contributed by atoms with van der Waals surface area (Å²) >= 11 is 0. The first kappa shape index (κ1) is 22.0. The molecule has 0 atom stereocenters. The highest BCUT2D eigenvalue weighted by atomic mass is 16.5. The Morgan fingerprint density at radius 2 is 1.91 bits per heavy atom. The van der Waals surface area contributed by atoms with Crippen molar-refractivity contribution in [2.24, 2.45) is 0 Å². The van der Waals surface area contributed by atoms with Crippen molar-refractivity contribution in [1.29, 1.82) is 0 Å². The van der Waals surface area contributed by atoms with Gasteiger partial charge in [-0.05, 0) is 69.5 Å². The Morgan fingerprint density at radius 3 is 2.50 bits per heavy atom. The van der Waals surface area contributed by atoms with E-state index in [4.69, 9.17) is 9.47 Å². The molecule has 0 aliphatic carbocycles. The topological polar surface area (TPSA) is 78.3 Å². The van der Waals surface area contributed by atoms with Crippen LogP contribution in [0.5, 0.6) is 5.75 Å². The standard InChI is InChI=1S/C25H30N4O3/c1-4-32-22-8-6-21(7-9-22)25(11-13-31-14-12-25)17-27-24(30)20-5-10-23(26-16-20)29-19(3)15-18(2)28-29/h5-10,15-16H,4,11-14,17H2,1-3H3,(H,27,30). The lowest BCUT2D eigenvalue weighted by atomic mass is 9.74. The fourth-order valence-electron chi connectivity index (χ4n) is 4.26. The van der Waals surface area contributed by atoms with E-state index in [-0.39, 0.29) is 11.3 Å². The predicted octanol–water partition coefficient (Wildman–Crippen LogP) is 3.76. The average Bonchev–Trinajstić information content (AvgIpc) is 3.16. The Kier molecular flexibility index (Phi) is 6.55. The molecule has 32 heavy (non-hydrogen) atoms. The number of carbonyl (C=O) groups excluding carboxylic acids is 1. The van der Waals surface area contributed by atoms with Gasteiger partial charge in [0.2, 0.25) is 0 Å². The van der Waals surface area contributed by atoms with E-state index in [1.165, 1.54) is 5.56 Å². The van der Waals surface area contributed by atoms with Gasteiger partial charge >= 0.3 is 0 Å². The van der Waals surface area contributed by atoms with E-state index in [1.807, 2.05) is 45.0 Å². The highest BCUT2D eigenvalue weighted by molar-refractivity contribution is 5.94. The highest BCUT2D eigenvalue weighted by Gasteiger charge is 2.35. The number of rotatable bonds is 7. The molecule has 3 heterocycles. The van der Waals surface area contributed by atoms with Crippen LogP contribution in [-0.4, -0.2) is 47.0 Å². The molecule has 168 valence electrons. The lowest BCUT2D eigenvalue weighted by Crippen LogP contribution is -2.44. The normalized spacial score (nSPS) is 15.3. The Hall–Kier alpha value is -3.19. The largest absolute Gasteiger partial charge is 0.494 e. The molecule has 3 aromatic rings. The minimum absolute atomic E-state index is 0.130. The molecule has 1 aliphatic heterocycles. The Balaban J connectivity index is 1.47. The molecule has 1 aliphatic rings. The minimum atomic E-state index is -0.157. The van der Waals surface area contributed by atoms with Gasteiger partial charge in [-0.15, -0.1) is 0 Å². The van der Waals surface area contributed by atoms with Gasteiger partial charge in [-0.1, -0.05) is 12.1 Å². The molecule has 1 saturated heterocycles. The monoisotopic (exact) mass is 434 g/mol. The molecule has 1 N–H and O–H groups in total. The number of hydrogen-bond donors (Lipinski definition) is 1. The van der Waals surface area contributed by atoms with Gasteiger partial charge in [0, 0.05) is 37.1 Å². The predicted molar refractivity (Wildman–Crippen MR) is 123 cm³/mol. The first-order valence-electron chi connectivity index (χ1n) is 11.1. The van der Waals surface area contributed by atoms with Crippen LogP contribution in [0, 0.1) is 13.8 Å². The maximum absolute atomic E-state index is 12.9. The maximum atomic E-state index is 12.9. The van der Waals surface area contributed by atoms with Crippen molar-refractivity contribution in [1.82, 2.24) is 20.1 Å². The molecule has 2 aromatic heterocycles. The lowest BCUT2D eigenvalue weighted by Gasteiger charge is -2.38. The molecule has 0 saturated carbocycles. The SMILES string of the molecule is CCOc1ccc(C2(CNC(=O)c3ccc(-n4nc(C)cc4C)nc3)CCOCC2)cc1. The number of nitrogens with zero attached hydrogens (tertiary/aromatic N) is 3. The first-order valence-corrected chi connectivity index (χ1v) is 11.1. The fraction of sp³-hybridized carbons (Fsp3) is 0.400. The van der Waals surface area contributed by atoms with Crippen LogP contribution in [0.1, 0.15) is 47.1 Å². The van der Waals surface area contributed by atoms with Crippen LogP contribution in [0.2, 0.25) is 0 Å². The summed E-state index contributed by atoms with van der Waals surface area (Å²) in [6.07, 6.45) is 3.32. The van der Waals surface area contributed by atoms with Crippen LogP contribution in [0.4, 0.5) is 0 Å². The smallest absolute Gasteiger partial charge is 0.252 e. The number of ether oxygens (including phenoxy) is 2. The van der Waals surface area contributed by atoms with Gasteiger partial charge in [-0.2, -0.15) is 5.10 Å². The summed E-state index contributed by atoms with van der Waals surface area (Å²) in [4.78, 5) is 17.3. The molecule has 0 radical (unpaired) electrons. The molecule has 1 amide bonds. The third-order valence-electron chi connectivity index (χ3n) is 6.05. The molecule has 1 aromatic carbocycles. The van der Waals surface area contributed by atoms with E-state index < -0.39 is 0 Å². The molecular weight excluding hydrogens is 404 g/mol. The first-order chi connectivity index (χ1) is 15.5. The van der Waals surface area contributed by atoms with Crippen molar-refractivity contribution < 1.29 is 14.3 Å². The van der Waals surface area contributed by atoms with Gasteiger partial charge in [-0.25, -0.2) is 9.67 Å². The van der Waals surface area contributed by atoms with Gasteiger partial charge in [0.25, 0.3) is 5.91 Å². The number of aromatic nitrogens is 3. The van der Waals surface area contributed by atoms with Crippen LogP contribution in [0.25, 0.3) is 5.82 Å². The summed E-state index contributed by atoms with van der Waals surface area (Å²) in [5.41, 5.74) is 3.51. The number of amides is 1. The molecule has 4 rings (SSSR count). The Bertz CT molecular complexity index is 1050. The van der Waals surface area contributed by atoms with Crippen molar-refractivity contribution >= 4 is 5.91 Å². The molecular formula is C25H30N4O3. The number of hydrogen-bond acceptors (Lipinski definition) is 5. The second-order valence-electron chi connectivity index (χ2n) is 8.28. The number of nitrogens with one attached hydrogen (secondary N) is 1. The maximum Gasteiger partial charge on any atom is 0.252 e. The highest BCUT2D eigenvalue weighted by Crippen LogP contribution is 2.35. The van der Waals surface area contributed by atoms with Crippen molar-refractivity contribution in [3.8, 4) is 11.6 Å². The van der Waals surface area contributed by atoms with Gasteiger partial charge in [-0.3, -0.25) is 4.79 Å². The molecule has 1 fully saturated rings. The average molecular weight is 435 g/mol. The van der Waals surface area contributed by atoms with Crippen LogP contribution >= 0.6 is 0 Å². The molecule has 0 spiro atoms. The van der Waals surface area contributed by atoms with E-state index in [1.54, 1.807) is 16.9 Å². The molecule has 0 bridgehead atoms. The minimum Gasteiger partial charge on any atom is -0.494 e. The van der Waals surface area contributed by atoms with E-state index >= 15 is 0 Å². The Labute approximate surface area is 188 Å². The van der Waals surface area contributed by atoms with Crippen molar-refractivity contribution in [3.63, 3.8) is 0 Å². The molecule has 7 heteroatoms. The van der Waals surface area contributed by atoms with Crippen molar-refractivity contribution in [2.75, 3.05) is 26.4 Å². The van der Waals surface area contributed by atoms with Crippen LogP contribution in [-0.2, 0) is 10.2 Å². The second-order valence-corrected chi connectivity index (χ2v) is 8.28. The summed E-state index contributed by atoms with van der Waals surface area (Å²) in [6, 6.07) is 13.8. The number of carbonyl (C=O) groups is 1. The quantitative estimate of drug-likeness (QED) is 0.613. The van der Waals surface area contributed by atoms with Gasteiger partial charge in [0.1, 0.15) is 5.75 Å². The second kappa shape index (κ2) is 9.53. The number of benzene rings is 1. The number of pyridine rings is 1. The zero-order chi connectivity index (χ0) is 22.6. The van der Waals surface area contributed by atoms with E-state index in [9.17, 15) is 4.79 Å². The third kappa shape index (κ3) is 4.67. The fourth-order valence-corrected chi connectivity index (χ4v) is 4.26. The third-order valence-corrected chi connectivity index (χ3v) is 6.05. The number of aryl methyl sites for hydroxylation is 2.